The minimum absolute atomic E-state index is 0.178. The summed E-state index contributed by atoms with van der Waals surface area (Å²) in [6.07, 6.45) is 0.102. The van der Waals surface area contributed by atoms with Crippen molar-refractivity contribution in [3.8, 4) is 0 Å². The highest BCUT2D eigenvalue weighted by atomic mass is 35.5. The Morgan fingerprint density at radius 2 is 2.20 bits per heavy atom. The molecule has 0 fully saturated rings. The van der Waals surface area contributed by atoms with Gasteiger partial charge in [-0.25, -0.2) is 0 Å². The molecule has 0 radical (unpaired) electrons. The van der Waals surface area contributed by atoms with Crippen LogP contribution in [0, 0.1) is 5.92 Å². The number of aliphatic hydroxyl groups excluding tert-OH is 1. The summed E-state index contributed by atoms with van der Waals surface area (Å²) < 4.78 is 5.46. The fourth-order valence-electron chi connectivity index (χ4n) is 1.89. The second-order valence-electron chi connectivity index (χ2n) is 5.12. The summed E-state index contributed by atoms with van der Waals surface area (Å²) in [6.45, 7) is 4.28. The van der Waals surface area contributed by atoms with E-state index >= 15 is 0 Å². The summed E-state index contributed by atoms with van der Waals surface area (Å²) in [7, 11) is 0. The number of nitrogens with one attached hydrogen (secondary N) is 1. The Hall–Kier alpha value is -1.52. The van der Waals surface area contributed by atoms with Crippen LogP contribution in [0.15, 0.2) is 28.7 Å². The van der Waals surface area contributed by atoms with E-state index in [9.17, 15) is 9.90 Å². The number of furan rings is 1. The summed E-state index contributed by atoms with van der Waals surface area (Å²) >= 11 is 6.00. The van der Waals surface area contributed by atoms with E-state index < -0.39 is 6.10 Å². The molecule has 0 saturated heterocycles. The monoisotopic (exact) mass is 295 g/mol. The molecule has 108 valence electrons. The number of fused-ring (bicyclic) bond motifs is 1. The van der Waals surface area contributed by atoms with Crippen LogP contribution < -0.4 is 5.32 Å². The van der Waals surface area contributed by atoms with Crippen LogP contribution in [0.1, 0.15) is 30.8 Å². The van der Waals surface area contributed by atoms with Gasteiger partial charge in [0.15, 0.2) is 11.3 Å². The SMILES string of the molecule is CC(C)C(O)CCNC(=O)c1cc2cccc(Cl)c2o1. The van der Waals surface area contributed by atoms with Gasteiger partial charge in [-0.3, -0.25) is 4.79 Å². The molecule has 1 atom stereocenters. The molecule has 1 amide bonds. The lowest BCUT2D eigenvalue weighted by Crippen LogP contribution is -2.28. The van der Waals surface area contributed by atoms with Crippen LogP contribution in [0.2, 0.25) is 5.02 Å². The van der Waals surface area contributed by atoms with Gasteiger partial charge in [-0.05, 0) is 24.5 Å². The minimum atomic E-state index is -0.416. The van der Waals surface area contributed by atoms with Crippen molar-refractivity contribution in [1.29, 1.82) is 0 Å². The van der Waals surface area contributed by atoms with Gasteiger partial charge in [-0.2, -0.15) is 0 Å². The van der Waals surface area contributed by atoms with Crippen molar-refractivity contribution < 1.29 is 14.3 Å². The second-order valence-corrected chi connectivity index (χ2v) is 5.53. The molecule has 1 aromatic carbocycles. The fraction of sp³-hybridized carbons (Fsp3) is 0.400. The van der Waals surface area contributed by atoms with E-state index in [0.29, 0.717) is 23.6 Å². The summed E-state index contributed by atoms with van der Waals surface area (Å²) in [5, 5.41) is 13.7. The van der Waals surface area contributed by atoms with E-state index in [4.69, 9.17) is 16.0 Å². The molecule has 1 heterocycles. The largest absolute Gasteiger partial charge is 0.449 e. The molecule has 1 aromatic heterocycles. The Bertz CT molecular complexity index is 606. The molecule has 1 unspecified atom stereocenters. The number of para-hydroxylation sites is 1. The quantitative estimate of drug-likeness (QED) is 0.890. The predicted octanol–water partition coefficient (Wildman–Crippen LogP) is 3.22. The number of aliphatic hydroxyl groups is 1. The van der Waals surface area contributed by atoms with Crippen LogP contribution in [0.5, 0.6) is 0 Å². The molecule has 0 bridgehead atoms. The first-order chi connectivity index (χ1) is 9.49. The Morgan fingerprint density at radius 3 is 2.85 bits per heavy atom. The molecule has 4 nitrogen and oxygen atoms in total. The van der Waals surface area contributed by atoms with Crippen LogP contribution >= 0.6 is 11.6 Å². The van der Waals surface area contributed by atoms with E-state index in [1.54, 1.807) is 18.2 Å². The van der Waals surface area contributed by atoms with Gasteiger partial charge in [0, 0.05) is 11.9 Å². The van der Waals surface area contributed by atoms with E-state index in [0.717, 1.165) is 5.39 Å². The Labute approximate surface area is 122 Å². The molecule has 0 saturated carbocycles. The standard InChI is InChI=1S/C15H18ClNO3/c1-9(2)12(18)6-7-17-15(19)13-8-10-4-3-5-11(16)14(10)20-13/h3-5,8-9,12,18H,6-7H2,1-2H3,(H,17,19). The fourth-order valence-corrected chi connectivity index (χ4v) is 2.11. The number of carbonyl (C=O) groups is 1. The van der Waals surface area contributed by atoms with Crippen LogP contribution in [-0.2, 0) is 0 Å². The molecular weight excluding hydrogens is 278 g/mol. The Morgan fingerprint density at radius 1 is 1.45 bits per heavy atom. The maximum absolute atomic E-state index is 11.9. The van der Waals surface area contributed by atoms with Gasteiger partial charge < -0.3 is 14.8 Å². The van der Waals surface area contributed by atoms with Crippen LogP contribution in [0.3, 0.4) is 0 Å². The van der Waals surface area contributed by atoms with Gasteiger partial charge >= 0.3 is 0 Å². The lowest BCUT2D eigenvalue weighted by Gasteiger charge is -2.13. The zero-order valence-electron chi connectivity index (χ0n) is 11.5. The van der Waals surface area contributed by atoms with E-state index in [1.165, 1.54) is 0 Å². The highest BCUT2D eigenvalue weighted by Crippen LogP contribution is 2.26. The van der Waals surface area contributed by atoms with Gasteiger partial charge in [0.25, 0.3) is 5.91 Å². The molecule has 0 aliphatic rings. The zero-order chi connectivity index (χ0) is 14.7. The number of hydrogen-bond acceptors (Lipinski definition) is 3. The maximum Gasteiger partial charge on any atom is 0.287 e. The Kier molecular flexibility index (Phi) is 4.68. The molecule has 2 N–H and O–H groups in total. The van der Waals surface area contributed by atoms with Gasteiger partial charge in [0.1, 0.15) is 0 Å². The molecule has 2 aromatic rings. The second kappa shape index (κ2) is 6.29. The number of carbonyl (C=O) groups excluding carboxylic acids is 1. The molecule has 0 spiro atoms. The smallest absolute Gasteiger partial charge is 0.287 e. The van der Waals surface area contributed by atoms with E-state index in [1.807, 2.05) is 19.9 Å². The first-order valence-corrected chi connectivity index (χ1v) is 7.01. The van der Waals surface area contributed by atoms with Crippen molar-refractivity contribution in [2.75, 3.05) is 6.54 Å². The average molecular weight is 296 g/mol. The van der Waals surface area contributed by atoms with Crippen LogP contribution in [0.4, 0.5) is 0 Å². The van der Waals surface area contributed by atoms with Gasteiger partial charge in [0.05, 0.1) is 11.1 Å². The minimum Gasteiger partial charge on any atom is -0.449 e. The highest BCUT2D eigenvalue weighted by molar-refractivity contribution is 6.34. The van der Waals surface area contributed by atoms with Crippen molar-refractivity contribution in [3.63, 3.8) is 0 Å². The molecule has 20 heavy (non-hydrogen) atoms. The lowest BCUT2D eigenvalue weighted by molar-refractivity contribution is 0.0896. The zero-order valence-corrected chi connectivity index (χ0v) is 12.3. The topological polar surface area (TPSA) is 62.5 Å². The number of rotatable bonds is 5. The third kappa shape index (κ3) is 3.32. The van der Waals surface area contributed by atoms with Crippen molar-refractivity contribution in [2.24, 2.45) is 5.92 Å². The van der Waals surface area contributed by atoms with E-state index in [-0.39, 0.29) is 17.6 Å². The van der Waals surface area contributed by atoms with Gasteiger partial charge in [0.2, 0.25) is 0 Å². The number of benzene rings is 1. The van der Waals surface area contributed by atoms with Crippen LogP contribution in [0.25, 0.3) is 11.0 Å². The molecule has 0 aliphatic carbocycles. The molecule has 5 heteroatoms. The summed E-state index contributed by atoms with van der Waals surface area (Å²) in [6, 6.07) is 7.02. The van der Waals surface area contributed by atoms with Crippen LogP contribution in [-0.4, -0.2) is 23.7 Å². The Balaban J connectivity index is 1.99. The van der Waals surface area contributed by atoms with Gasteiger partial charge in [-0.1, -0.05) is 37.6 Å². The molecule has 0 aliphatic heterocycles. The van der Waals surface area contributed by atoms with E-state index in [2.05, 4.69) is 5.32 Å². The lowest BCUT2D eigenvalue weighted by atomic mass is 10.0. The predicted molar refractivity (Wildman–Crippen MR) is 79.0 cm³/mol. The third-order valence-electron chi connectivity index (χ3n) is 3.22. The first kappa shape index (κ1) is 14.9. The van der Waals surface area contributed by atoms with Gasteiger partial charge in [-0.15, -0.1) is 0 Å². The van der Waals surface area contributed by atoms with Crippen molar-refractivity contribution in [3.05, 3.63) is 35.0 Å². The maximum atomic E-state index is 11.9. The number of hydrogen-bond donors (Lipinski definition) is 2. The molecular formula is C15H18ClNO3. The van der Waals surface area contributed by atoms with Crippen molar-refractivity contribution in [1.82, 2.24) is 5.32 Å². The first-order valence-electron chi connectivity index (χ1n) is 6.63. The highest BCUT2D eigenvalue weighted by Gasteiger charge is 2.14. The molecule has 2 rings (SSSR count). The average Bonchev–Trinajstić information content (AvgIpc) is 2.84. The summed E-state index contributed by atoms with van der Waals surface area (Å²) in [4.78, 5) is 11.9. The number of amides is 1. The third-order valence-corrected chi connectivity index (χ3v) is 3.51. The normalized spacial score (nSPS) is 12.8. The number of halogens is 1. The summed E-state index contributed by atoms with van der Waals surface area (Å²) in [5.41, 5.74) is 0.515. The van der Waals surface area contributed by atoms with Crippen molar-refractivity contribution in [2.45, 2.75) is 26.4 Å². The van der Waals surface area contributed by atoms with Crippen molar-refractivity contribution >= 4 is 28.5 Å². The summed E-state index contributed by atoms with van der Waals surface area (Å²) in [5.74, 6) is 0.109.